The summed E-state index contributed by atoms with van der Waals surface area (Å²) in [6, 6.07) is 0. The first-order valence-corrected chi connectivity index (χ1v) is 6.73. The van der Waals surface area contributed by atoms with Gasteiger partial charge in [0.15, 0.2) is 0 Å². The van der Waals surface area contributed by atoms with Crippen molar-refractivity contribution in [1.82, 2.24) is 0 Å². The van der Waals surface area contributed by atoms with Gasteiger partial charge in [0.2, 0.25) is 0 Å². The summed E-state index contributed by atoms with van der Waals surface area (Å²) in [5, 5.41) is 0. The van der Waals surface area contributed by atoms with Gasteiger partial charge in [0.25, 0.3) is 0 Å². The lowest BCUT2D eigenvalue weighted by Gasteiger charge is -2.47. The number of Topliss-reactive ketones (excluding diaryl/α,β-unsaturated/α-hetero) is 1. The van der Waals surface area contributed by atoms with Crippen molar-refractivity contribution in [3.05, 3.63) is 0 Å². The van der Waals surface area contributed by atoms with Gasteiger partial charge in [-0.25, -0.2) is 0 Å². The maximum absolute atomic E-state index is 12.1. The average molecular weight is 206 g/mol. The molecule has 0 bridgehead atoms. The van der Waals surface area contributed by atoms with Gasteiger partial charge in [-0.15, -0.1) is 0 Å². The molecule has 0 aromatic heterocycles. The topological polar surface area (TPSA) is 17.1 Å². The zero-order valence-corrected chi connectivity index (χ0v) is 9.80. The Balaban J connectivity index is 1.90. The van der Waals surface area contributed by atoms with Crippen LogP contribution in [0.25, 0.3) is 0 Å². The first-order valence-electron chi connectivity index (χ1n) is 6.73. The highest BCUT2D eigenvalue weighted by Gasteiger charge is 2.53. The summed E-state index contributed by atoms with van der Waals surface area (Å²) in [6.45, 7) is 2.38. The summed E-state index contributed by atoms with van der Waals surface area (Å²) in [6.07, 6.45) is 10.3. The third kappa shape index (κ3) is 1.38. The number of ketones is 1. The molecule has 0 N–H and O–H groups in total. The molecule has 15 heavy (non-hydrogen) atoms. The summed E-state index contributed by atoms with van der Waals surface area (Å²) in [5.41, 5.74) is 0.398. The normalized spacial score (nSPS) is 49.9. The molecule has 0 saturated heterocycles. The lowest BCUT2D eigenvalue weighted by molar-refractivity contribution is -0.128. The van der Waals surface area contributed by atoms with E-state index >= 15 is 0 Å². The first-order chi connectivity index (χ1) is 7.21. The maximum Gasteiger partial charge on any atom is 0.136 e. The molecule has 0 amide bonds. The summed E-state index contributed by atoms with van der Waals surface area (Å²) in [5.74, 6) is 2.73. The number of carbonyl (C=O) groups excluding carboxylic acids is 1. The molecule has 1 heteroatoms. The fourth-order valence-electron chi connectivity index (χ4n) is 4.69. The van der Waals surface area contributed by atoms with Crippen LogP contribution in [0.2, 0.25) is 0 Å². The molecular weight excluding hydrogens is 184 g/mol. The van der Waals surface area contributed by atoms with E-state index in [-0.39, 0.29) is 0 Å². The second-order valence-corrected chi connectivity index (χ2v) is 6.35. The summed E-state index contributed by atoms with van der Waals surface area (Å²) in [7, 11) is 0. The number of fused-ring (bicyclic) bond motifs is 3. The van der Waals surface area contributed by atoms with Gasteiger partial charge in [-0.2, -0.15) is 0 Å². The van der Waals surface area contributed by atoms with Crippen LogP contribution in [0.3, 0.4) is 0 Å². The van der Waals surface area contributed by atoms with E-state index < -0.39 is 0 Å². The van der Waals surface area contributed by atoms with Gasteiger partial charge in [-0.1, -0.05) is 26.2 Å². The largest absolute Gasteiger partial charge is 0.299 e. The highest BCUT2D eigenvalue weighted by molar-refractivity contribution is 5.84. The summed E-state index contributed by atoms with van der Waals surface area (Å²) < 4.78 is 0. The standard InChI is InChI=1S/C14H22O/c1-14-8-6-10-4-2-3-5-11(10)13(14)12(15)7-9-14/h10-11,13H,2-9H2,1H3/t10-,11-,13-,14+/m0/s1. The molecule has 0 aromatic rings. The van der Waals surface area contributed by atoms with Crippen LogP contribution in [-0.4, -0.2) is 5.78 Å². The van der Waals surface area contributed by atoms with E-state index in [0.29, 0.717) is 17.1 Å². The van der Waals surface area contributed by atoms with Crippen molar-refractivity contribution < 1.29 is 4.79 Å². The van der Waals surface area contributed by atoms with Crippen molar-refractivity contribution in [2.75, 3.05) is 0 Å². The van der Waals surface area contributed by atoms with Gasteiger partial charge in [-0.3, -0.25) is 4.79 Å². The molecule has 0 spiro atoms. The Bertz CT molecular complexity index is 283. The maximum atomic E-state index is 12.1. The lowest BCUT2D eigenvalue weighted by Crippen LogP contribution is -2.42. The van der Waals surface area contributed by atoms with Crippen molar-refractivity contribution >= 4 is 5.78 Å². The quantitative estimate of drug-likeness (QED) is 0.592. The van der Waals surface area contributed by atoms with Crippen molar-refractivity contribution in [2.24, 2.45) is 23.2 Å². The van der Waals surface area contributed by atoms with E-state index in [1.807, 2.05) is 0 Å². The Morgan fingerprint density at radius 2 is 1.93 bits per heavy atom. The van der Waals surface area contributed by atoms with Crippen molar-refractivity contribution in [3.8, 4) is 0 Å². The van der Waals surface area contributed by atoms with E-state index in [4.69, 9.17) is 0 Å². The zero-order chi connectivity index (χ0) is 10.5. The molecule has 0 unspecified atom stereocenters. The average Bonchev–Trinajstić information content (AvgIpc) is 2.56. The fraction of sp³-hybridized carbons (Fsp3) is 0.929. The molecule has 4 atom stereocenters. The van der Waals surface area contributed by atoms with Crippen LogP contribution in [0.1, 0.15) is 58.3 Å². The first kappa shape index (κ1) is 9.86. The minimum absolute atomic E-state index is 0.398. The van der Waals surface area contributed by atoms with E-state index in [2.05, 4.69) is 6.92 Å². The van der Waals surface area contributed by atoms with Crippen LogP contribution in [0, 0.1) is 23.2 Å². The van der Waals surface area contributed by atoms with E-state index in [1.165, 1.54) is 44.9 Å². The Morgan fingerprint density at radius 1 is 1.13 bits per heavy atom. The van der Waals surface area contributed by atoms with Crippen molar-refractivity contribution in [1.29, 1.82) is 0 Å². The highest BCUT2D eigenvalue weighted by Crippen LogP contribution is 2.57. The lowest BCUT2D eigenvalue weighted by atomic mass is 9.57. The number of hydrogen-bond donors (Lipinski definition) is 0. The highest BCUT2D eigenvalue weighted by atomic mass is 16.1. The SMILES string of the molecule is C[C@@]12CCC(=O)[C@@H]1[C@H]1CCCC[C@H]1CC2. The van der Waals surface area contributed by atoms with Crippen molar-refractivity contribution in [3.63, 3.8) is 0 Å². The molecular formula is C14H22O. The zero-order valence-electron chi connectivity index (χ0n) is 9.80. The molecule has 3 fully saturated rings. The Labute approximate surface area is 92.6 Å². The third-order valence-electron chi connectivity index (χ3n) is 5.52. The van der Waals surface area contributed by atoms with Gasteiger partial charge in [0.1, 0.15) is 5.78 Å². The number of hydrogen-bond acceptors (Lipinski definition) is 1. The number of rotatable bonds is 0. The summed E-state index contributed by atoms with van der Waals surface area (Å²) >= 11 is 0. The van der Waals surface area contributed by atoms with Crippen LogP contribution >= 0.6 is 0 Å². The molecule has 0 aliphatic heterocycles. The van der Waals surface area contributed by atoms with E-state index in [9.17, 15) is 4.79 Å². The molecule has 3 rings (SSSR count). The second kappa shape index (κ2) is 3.33. The number of carbonyl (C=O) groups is 1. The van der Waals surface area contributed by atoms with Crippen LogP contribution in [0.4, 0.5) is 0 Å². The van der Waals surface area contributed by atoms with Crippen molar-refractivity contribution in [2.45, 2.75) is 58.3 Å². The molecule has 3 saturated carbocycles. The minimum atomic E-state index is 0.398. The van der Waals surface area contributed by atoms with Gasteiger partial charge >= 0.3 is 0 Å². The smallest absolute Gasteiger partial charge is 0.136 e. The van der Waals surface area contributed by atoms with Gasteiger partial charge < -0.3 is 0 Å². The predicted molar refractivity (Wildman–Crippen MR) is 60.5 cm³/mol. The molecule has 3 aliphatic rings. The molecule has 1 nitrogen and oxygen atoms in total. The molecule has 84 valence electrons. The van der Waals surface area contributed by atoms with E-state index in [1.54, 1.807) is 0 Å². The third-order valence-corrected chi connectivity index (χ3v) is 5.52. The molecule has 0 heterocycles. The fourth-order valence-corrected chi connectivity index (χ4v) is 4.69. The predicted octanol–water partition coefficient (Wildman–Crippen LogP) is 3.57. The van der Waals surface area contributed by atoms with Gasteiger partial charge in [-0.05, 0) is 42.9 Å². The van der Waals surface area contributed by atoms with Gasteiger partial charge in [0, 0.05) is 12.3 Å². The van der Waals surface area contributed by atoms with Crippen LogP contribution in [-0.2, 0) is 4.79 Å². The van der Waals surface area contributed by atoms with Crippen LogP contribution in [0.15, 0.2) is 0 Å². The summed E-state index contributed by atoms with van der Waals surface area (Å²) in [4.78, 5) is 12.1. The Morgan fingerprint density at radius 3 is 2.80 bits per heavy atom. The van der Waals surface area contributed by atoms with Gasteiger partial charge in [0.05, 0.1) is 0 Å². The Hall–Kier alpha value is -0.330. The second-order valence-electron chi connectivity index (χ2n) is 6.35. The minimum Gasteiger partial charge on any atom is -0.299 e. The Kier molecular flexibility index (Phi) is 2.19. The van der Waals surface area contributed by atoms with E-state index in [0.717, 1.165) is 18.3 Å². The van der Waals surface area contributed by atoms with Crippen LogP contribution in [0.5, 0.6) is 0 Å². The molecule has 0 radical (unpaired) electrons. The van der Waals surface area contributed by atoms with Crippen LogP contribution < -0.4 is 0 Å². The molecule has 3 aliphatic carbocycles. The monoisotopic (exact) mass is 206 g/mol. The molecule has 0 aromatic carbocycles.